The van der Waals surface area contributed by atoms with Gasteiger partial charge in [0.25, 0.3) is 0 Å². The van der Waals surface area contributed by atoms with Gasteiger partial charge >= 0.3 is 0 Å². The summed E-state index contributed by atoms with van der Waals surface area (Å²) >= 11 is 0. The predicted octanol–water partition coefficient (Wildman–Crippen LogP) is 3.95. The van der Waals surface area contributed by atoms with Crippen LogP contribution in [0.4, 0.5) is 4.39 Å². The van der Waals surface area contributed by atoms with Gasteiger partial charge in [0.15, 0.2) is 0 Å². The lowest BCUT2D eigenvalue weighted by atomic mass is 9.68. The monoisotopic (exact) mass is 222 g/mol. The van der Waals surface area contributed by atoms with E-state index >= 15 is 0 Å². The van der Waals surface area contributed by atoms with Gasteiger partial charge in [-0.3, -0.25) is 0 Å². The van der Waals surface area contributed by atoms with Crippen molar-refractivity contribution in [1.29, 1.82) is 0 Å². The van der Waals surface area contributed by atoms with Gasteiger partial charge in [-0.15, -0.1) is 0 Å². The van der Waals surface area contributed by atoms with E-state index in [1.807, 2.05) is 12.1 Å². The number of para-hydroxylation sites is 1. The summed E-state index contributed by atoms with van der Waals surface area (Å²) in [6.45, 7) is 3.26. The molecule has 0 aliphatic heterocycles. The van der Waals surface area contributed by atoms with E-state index in [1.54, 1.807) is 26.0 Å². The van der Waals surface area contributed by atoms with Gasteiger partial charge in [0.05, 0.1) is 0 Å². The Morgan fingerprint density at radius 2 is 1.75 bits per heavy atom. The molecule has 1 fully saturated rings. The van der Waals surface area contributed by atoms with Crippen LogP contribution in [0, 0.1) is 0 Å². The van der Waals surface area contributed by atoms with Gasteiger partial charge in [-0.2, -0.15) is 0 Å². The lowest BCUT2D eigenvalue weighted by Gasteiger charge is -2.39. The van der Waals surface area contributed by atoms with Crippen molar-refractivity contribution in [2.75, 3.05) is 0 Å². The maximum Gasteiger partial charge on any atom is 0.119 e. The van der Waals surface area contributed by atoms with Crippen LogP contribution in [0.3, 0.4) is 0 Å². The number of aromatic hydroxyl groups is 1. The SMILES string of the molecule is CC(C)(F)C1(c2ccccc2O)CCCC1. The number of hydrogen-bond donors (Lipinski definition) is 1. The van der Waals surface area contributed by atoms with Crippen molar-refractivity contribution in [3.63, 3.8) is 0 Å². The second kappa shape index (κ2) is 3.76. The highest BCUT2D eigenvalue weighted by Crippen LogP contribution is 2.52. The third kappa shape index (κ3) is 1.60. The van der Waals surface area contributed by atoms with Crippen molar-refractivity contribution in [1.82, 2.24) is 0 Å². The highest BCUT2D eigenvalue weighted by Gasteiger charge is 2.49. The van der Waals surface area contributed by atoms with Gasteiger partial charge in [-0.25, -0.2) is 4.39 Å². The van der Waals surface area contributed by atoms with E-state index in [0.717, 1.165) is 31.2 Å². The predicted molar refractivity (Wildman–Crippen MR) is 63.4 cm³/mol. The number of halogens is 1. The minimum Gasteiger partial charge on any atom is -0.508 e. The maximum atomic E-state index is 14.5. The van der Waals surface area contributed by atoms with E-state index < -0.39 is 11.1 Å². The smallest absolute Gasteiger partial charge is 0.119 e. The number of phenols is 1. The molecule has 1 aliphatic carbocycles. The molecule has 0 radical (unpaired) electrons. The lowest BCUT2D eigenvalue weighted by Crippen LogP contribution is -2.41. The van der Waals surface area contributed by atoms with Crippen molar-refractivity contribution in [2.24, 2.45) is 0 Å². The van der Waals surface area contributed by atoms with Crippen molar-refractivity contribution >= 4 is 0 Å². The Balaban J connectivity index is 2.53. The molecule has 1 saturated carbocycles. The first-order valence-corrected chi connectivity index (χ1v) is 5.95. The van der Waals surface area contributed by atoms with Crippen LogP contribution < -0.4 is 0 Å². The van der Waals surface area contributed by atoms with Crippen LogP contribution in [0.25, 0.3) is 0 Å². The van der Waals surface area contributed by atoms with Crippen molar-refractivity contribution < 1.29 is 9.50 Å². The molecule has 0 unspecified atom stereocenters. The summed E-state index contributed by atoms with van der Waals surface area (Å²) in [4.78, 5) is 0. The molecule has 0 amide bonds. The summed E-state index contributed by atoms with van der Waals surface area (Å²) in [5.74, 6) is 0.232. The first kappa shape index (κ1) is 11.4. The normalized spacial score (nSPS) is 19.9. The van der Waals surface area contributed by atoms with E-state index in [-0.39, 0.29) is 5.75 Å². The molecule has 2 heteroatoms. The Bertz CT molecular complexity index is 373. The fourth-order valence-corrected chi connectivity index (χ4v) is 3.04. The molecular weight excluding hydrogens is 203 g/mol. The zero-order valence-corrected chi connectivity index (χ0v) is 9.96. The van der Waals surface area contributed by atoms with E-state index in [4.69, 9.17) is 0 Å². The van der Waals surface area contributed by atoms with Crippen LogP contribution in [-0.4, -0.2) is 10.8 Å². The highest BCUT2D eigenvalue weighted by atomic mass is 19.1. The van der Waals surface area contributed by atoms with Crippen LogP contribution >= 0.6 is 0 Å². The van der Waals surface area contributed by atoms with Gasteiger partial charge < -0.3 is 5.11 Å². The molecule has 0 bridgehead atoms. The molecule has 0 spiro atoms. The molecule has 1 N–H and O–H groups in total. The summed E-state index contributed by atoms with van der Waals surface area (Å²) in [7, 11) is 0. The third-order valence-corrected chi connectivity index (χ3v) is 4.01. The average molecular weight is 222 g/mol. The second-order valence-electron chi connectivity index (χ2n) is 5.28. The fraction of sp³-hybridized carbons (Fsp3) is 0.571. The van der Waals surface area contributed by atoms with Gasteiger partial charge in [0.2, 0.25) is 0 Å². The minimum absolute atomic E-state index is 0.232. The molecule has 0 aromatic heterocycles. The van der Waals surface area contributed by atoms with Gasteiger partial charge in [-0.1, -0.05) is 31.0 Å². The quantitative estimate of drug-likeness (QED) is 0.803. The van der Waals surface area contributed by atoms with Crippen LogP contribution in [0.1, 0.15) is 45.1 Å². The van der Waals surface area contributed by atoms with Crippen molar-refractivity contribution in [3.8, 4) is 5.75 Å². The van der Waals surface area contributed by atoms with E-state index in [9.17, 15) is 9.50 Å². The zero-order valence-electron chi connectivity index (χ0n) is 9.96. The zero-order chi connectivity index (χ0) is 11.8. The fourth-order valence-electron chi connectivity index (χ4n) is 3.04. The number of hydrogen-bond acceptors (Lipinski definition) is 1. The topological polar surface area (TPSA) is 20.2 Å². The van der Waals surface area contributed by atoms with E-state index in [2.05, 4.69) is 0 Å². The van der Waals surface area contributed by atoms with Crippen molar-refractivity contribution in [2.45, 2.75) is 50.6 Å². The summed E-state index contributed by atoms with van der Waals surface area (Å²) < 4.78 is 14.5. The summed E-state index contributed by atoms with van der Waals surface area (Å²) in [6.07, 6.45) is 3.74. The Morgan fingerprint density at radius 1 is 1.19 bits per heavy atom. The molecule has 1 nitrogen and oxygen atoms in total. The largest absolute Gasteiger partial charge is 0.508 e. The highest BCUT2D eigenvalue weighted by molar-refractivity contribution is 5.41. The van der Waals surface area contributed by atoms with Gasteiger partial charge in [-0.05, 0) is 32.8 Å². The van der Waals surface area contributed by atoms with E-state index in [0.29, 0.717) is 0 Å². The van der Waals surface area contributed by atoms with Crippen LogP contribution in [0.2, 0.25) is 0 Å². The second-order valence-corrected chi connectivity index (χ2v) is 5.28. The summed E-state index contributed by atoms with van der Waals surface area (Å²) in [5, 5.41) is 9.93. The Kier molecular flexibility index (Phi) is 2.69. The maximum absolute atomic E-state index is 14.5. The lowest BCUT2D eigenvalue weighted by molar-refractivity contribution is 0.0896. The van der Waals surface area contributed by atoms with Crippen molar-refractivity contribution in [3.05, 3.63) is 29.8 Å². The Labute approximate surface area is 96.3 Å². The Morgan fingerprint density at radius 3 is 2.25 bits per heavy atom. The van der Waals surface area contributed by atoms with Gasteiger partial charge in [0.1, 0.15) is 11.4 Å². The number of benzene rings is 1. The van der Waals surface area contributed by atoms with Crippen LogP contribution in [0.15, 0.2) is 24.3 Å². The third-order valence-electron chi connectivity index (χ3n) is 4.01. The first-order chi connectivity index (χ1) is 7.47. The molecule has 1 aromatic carbocycles. The summed E-state index contributed by atoms with van der Waals surface area (Å²) in [5.41, 5.74) is -1.01. The number of alkyl halides is 1. The molecular formula is C14H19FO. The molecule has 1 aliphatic rings. The van der Waals surface area contributed by atoms with Gasteiger partial charge in [0, 0.05) is 11.0 Å². The molecule has 2 rings (SSSR count). The standard InChI is InChI=1S/C14H19FO/c1-13(2,15)14(9-5-6-10-14)11-7-3-4-8-12(11)16/h3-4,7-8,16H,5-6,9-10H2,1-2H3. The molecule has 1 aromatic rings. The first-order valence-electron chi connectivity index (χ1n) is 5.95. The molecule has 0 saturated heterocycles. The van der Waals surface area contributed by atoms with Crippen LogP contribution in [0.5, 0.6) is 5.75 Å². The Hall–Kier alpha value is -1.05. The molecule has 0 atom stereocenters. The van der Waals surface area contributed by atoms with E-state index in [1.165, 1.54) is 0 Å². The molecule has 16 heavy (non-hydrogen) atoms. The minimum atomic E-state index is -1.29. The number of phenolic OH excluding ortho intramolecular Hbond substituents is 1. The average Bonchev–Trinajstić information content (AvgIpc) is 2.67. The molecule has 88 valence electrons. The number of rotatable bonds is 2. The molecule has 0 heterocycles. The van der Waals surface area contributed by atoms with Crippen LogP contribution in [-0.2, 0) is 5.41 Å². The summed E-state index contributed by atoms with van der Waals surface area (Å²) in [6, 6.07) is 7.18.